The first-order chi connectivity index (χ1) is 11.2. The predicted molar refractivity (Wildman–Crippen MR) is 82.2 cm³/mol. The van der Waals surface area contributed by atoms with Gasteiger partial charge in [0, 0.05) is 24.6 Å². The van der Waals surface area contributed by atoms with Crippen molar-refractivity contribution in [1.82, 2.24) is 20.1 Å². The quantitative estimate of drug-likeness (QED) is 0.793. The lowest BCUT2D eigenvalue weighted by Gasteiger charge is -2.24. The maximum absolute atomic E-state index is 13.4. The topological polar surface area (TPSA) is 72.2 Å². The number of rotatable bonds is 7. The van der Waals surface area contributed by atoms with E-state index < -0.39 is 6.10 Å². The molecule has 124 valence electrons. The predicted octanol–water partition coefficient (Wildman–Crippen LogP) is 0.899. The van der Waals surface area contributed by atoms with Crippen molar-refractivity contribution in [3.8, 4) is 0 Å². The number of nitrogens with zero attached hydrogens (tertiary/aromatic N) is 3. The summed E-state index contributed by atoms with van der Waals surface area (Å²) >= 11 is 0. The van der Waals surface area contributed by atoms with Crippen LogP contribution in [-0.4, -0.2) is 45.2 Å². The Morgan fingerprint density at radius 1 is 1.43 bits per heavy atom. The molecule has 3 rings (SSSR count). The van der Waals surface area contributed by atoms with Crippen molar-refractivity contribution in [3.63, 3.8) is 0 Å². The van der Waals surface area contributed by atoms with E-state index in [9.17, 15) is 9.50 Å². The van der Waals surface area contributed by atoms with Crippen molar-refractivity contribution < 1.29 is 14.2 Å². The molecule has 2 heterocycles. The number of nitrogens with one attached hydrogen (secondary N) is 1. The fourth-order valence-electron chi connectivity index (χ4n) is 2.69. The zero-order chi connectivity index (χ0) is 16.1. The highest BCUT2D eigenvalue weighted by molar-refractivity contribution is 5.16. The summed E-state index contributed by atoms with van der Waals surface area (Å²) in [6.45, 7) is 1.53. The van der Waals surface area contributed by atoms with Crippen LogP contribution in [0.15, 0.2) is 30.6 Å². The number of halogens is 1. The zero-order valence-electron chi connectivity index (χ0n) is 12.9. The van der Waals surface area contributed by atoms with E-state index in [1.807, 2.05) is 4.68 Å². The lowest BCUT2D eigenvalue weighted by molar-refractivity contribution is 0.0260. The summed E-state index contributed by atoms with van der Waals surface area (Å²) in [6, 6.07) is 6.75. The molecule has 0 amide bonds. The van der Waals surface area contributed by atoms with E-state index in [4.69, 9.17) is 4.74 Å². The Hall–Kier alpha value is -1.83. The summed E-state index contributed by atoms with van der Waals surface area (Å²) in [5.41, 5.74) is 0.499. The third-order valence-corrected chi connectivity index (χ3v) is 3.97. The number of aliphatic hydroxyl groups excluding tert-OH is 1. The first-order valence-corrected chi connectivity index (χ1v) is 7.81. The minimum absolute atomic E-state index is 0.162. The molecule has 0 fully saturated rings. The summed E-state index contributed by atoms with van der Waals surface area (Å²) < 4.78 is 20.7. The molecule has 0 saturated heterocycles. The van der Waals surface area contributed by atoms with Crippen molar-refractivity contribution in [1.29, 1.82) is 0 Å². The largest absolute Gasteiger partial charge is 0.389 e. The molecule has 1 aromatic heterocycles. The van der Waals surface area contributed by atoms with Crippen LogP contribution in [-0.2, 0) is 24.3 Å². The number of hydrogen-bond donors (Lipinski definition) is 2. The summed E-state index contributed by atoms with van der Waals surface area (Å²) in [5, 5.41) is 17.5. The van der Waals surface area contributed by atoms with Gasteiger partial charge in [-0.25, -0.2) is 14.1 Å². The molecule has 23 heavy (non-hydrogen) atoms. The van der Waals surface area contributed by atoms with Crippen molar-refractivity contribution in [3.05, 3.63) is 47.8 Å². The molecule has 0 bridgehead atoms. The average Bonchev–Trinajstić information content (AvgIpc) is 3.02. The number of hydrogen-bond acceptors (Lipinski definition) is 5. The van der Waals surface area contributed by atoms with Gasteiger partial charge in [-0.3, -0.25) is 0 Å². The van der Waals surface area contributed by atoms with E-state index in [0.717, 1.165) is 25.2 Å². The summed E-state index contributed by atoms with van der Waals surface area (Å²) in [5.74, 6) is 0.725. The van der Waals surface area contributed by atoms with Crippen molar-refractivity contribution in [2.45, 2.75) is 38.1 Å². The Balaban J connectivity index is 1.36. The third kappa shape index (κ3) is 4.34. The first kappa shape index (κ1) is 16.0. The minimum atomic E-state index is -0.626. The Labute approximate surface area is 134 Å². The van der Waals surface area contributed by atoms with Gasteiger partial charge in [0.05, 0.1) is 25.9 Å². The van der Waals surface area contributed by atoms with Gasteiger partial charge in [-0.2, -0.15) is 5.10 Å². The third-order valence-electron chi connectivity index (χ3n) is 3.97. The first-order valence-electron chi connectivity index (χ1n) is 7.81. The molecule has 6 nitrogen and oxygen atoms in total. The van der Waals surface area contributed by atoms with Crippen molar-refractivity contribution in [2.24, 2.45) is 0 Å². The van der Waals surface area contributed by atoms with Crippen molar-refractivity contribution in [2.75, 3.05) is 13.2 Å². The molecule has 2 aromatic rings. The summed E-state index contributed by atoms with van der Waals surface area (Å²) in [4.78, 5) is 4.19. The molecule has 2 atom stereocenters. The van der Waals surface area contributed by atoms with Gasteiger partial charge < -0.3 is 15.2 Å². The van der Waals surface area contributed by atoms with Crippen LogP contribution >= 0.6 is 0 Å². The fourth-order valence-corrected chi connectivity index (χ4v) is 2.69. The standard InChI is InChI=1S/C16H21FN4O2/c17-15-4-2-1-3-12(15)9-23-10-14(22)7-18-13-5-6-16-19-11-20-21(16)8-13/h1-4,11,13-14,18,22H,5-10H2/t13-,14+/m1/s1. The lowest BCUT2D eigenvalue weighted by Crippen LogP contribution is -2.42. The van der Waals surface area contributed by atoms with Gasteiger partial charge in [-0.1, -0.05) is 18.2 Å². The molecule has 1 aromatic carbocycles. The maximum atomic E-state index is 13.4. The van der Waals surface area contributed by atoms with Gasteiger partial charge in [0.25, 0.3) is 0 Å². The number of ether oxygens (including phenoxy) is 1. The van der Waals surface area contributed by atoms with Crippen LogP contribution in [0.1, 0.15) is 17.8 Å². The van der Waals surface area contributed by atoms with E-state index in [1.165, 1.54) is 6.07 Å². The molecular weight excluding hydrogens is 299 g/mol. The number of benzene rings is 1. The van der Waals surface area contributed by atoms with E-state index >= 15 is 0 Å². The molecule has 0 saturated carbocycles. The molecule has 1 aliphatic rings. The second-order valence-corrected chi connectivity index (χ2v) is 5.76. The molecule has 0 aliphatic carbocycles. The molecule has 7 heteroatoms. The molecule has 0 spiro atoms. The highest BCUT2D eigenvalue weighted by Gasteiger charge is 2.20. The summed E-state index contributed by atoms with van der Waals surface area (Å²) in [7, 11) is 0. The molecule has 0 unspecified atom stereocenters. The number of aliphatic hydroxyl groups is 1. The van der Waals surface area contributed by atoms with Crippen LogP contribution in [0.3, 0.4) is 0 Å². The monoisotopic (exact) mass is 320 g/mol. The van der Waals surface area contributed by atoms with Crippen LogP contribution in [0.5, 0.6) is 0 Å². The van der Waals surface area contributed by atoms with Gasteiger partial charge in [-0.05, 0) is 12.5 Å². The number of aromatic nitrogens is 3. The molecule has 2 N–H and O–H groups in total. The van der Waals surface area contributed by atoms with E-state index in [0.29, 0.717) is 12.1 Å². The van der Waals surface area contributed by atoms with Crippen molar-refractivity contribution >= 4 is 0 Å². The van der Waals surface area contributed by atoms with Crippen LogP contribution in [0, 0.1) is 5.82 Å². The van der Waals surface area contributed by atoms with E-state index in [1.54, 1.807) is 24.5 Å². The Kier molecular flexibility index (Phi) is 5.32. The molecule has 0 radical (unpaired) electrons. The van der Waals surface area contributed by atoms with Crippen LogP contribution in [0.25, 0.3) is 0 Å². The van der Waals surface area contributed by atoms with Gasteiger partial charge in [0.1, 0.15) is 18.0 Å². The zero-order valence-corrected chi connectivity index (χ0v) is 12.9. The molecular formula is C16H21FN4O2. The molecule has 1 aliphatic heterocycles. The van der Waals surface area contributed by atoms with Gasteiger partial charge in [-0.15, -0.1) is 0 Å². The van der Waals surface area contributed by atoms with Crippen LogP contribution in [0.4, 0.5) is 4.39 Å². The van der Waals surface area contributed by atoms with Gasteiger partial charge >= 0.3 is 0 Å². The van der Waals surface area contributed by atoms with E-state index in [2.05, 4.69) is 15.4 Å². The number of aryl methyl sites for hydroxylation is 1. The van der Waals surface area contributed by atoms with E-state index in [-0.39, 0.29) is 25.1 Å². The Morgan fingerprint density at radius 2 is 2.30 bits per heavy atom. The van der Waals surface area contributed by atoms with Gasteiger partial charge in [0.2, 0.25) is 0 Å². The Bertz CT molecular complexity index is 634. The van der Waals surface area contributed by atoms with Gasteiger partial charge in [0.15, 0.2) is 0 Å². The second kappa shape index (κ2) is 7.63. The highest BCUT2D eigenvalue weighted by Crippen LogP contribution is 2.11. The van der Waals surface area contributed by atoms with Crippen LogP contribution < -0.4 is 5.32 Å². The second-order valence-electron chi connectivity index (χ2n) is 5.76. The fraction of sp³-hybridized carbons (Fsp3) is 0.500. The SMILES string of the molecule is O[C@@H](CN[C@@H]1CCc2ncnn2C1)COCc1ccccc1F. The normalized spacial score (nSPS) is 18.6. The summed E-state index contributed by atoms with van der Waals surface area (Å²) in [6.07, 6.45) is 2.81. The Morgan fingerprint density at radius 3 is 3.17 bits per heavy atom. The smallest absolute Gasteiger partial charge is 0.138 e. The minimum Gasteiger partial charge on any atom is -0.389 e. The average molecular weight is 320 g/mol. The van der Waals surface area contributed by atoms with Crippen LogP contribution in [0.2, 0.25) is 0 Å². The lowest BCUT2D eigenvalue weighted by atomic mass is 10.1. The number of fused-ring (bicyclic) bond motifs is 1. The highest BCUT2D eigenvalue weighted by atomic mass is 19.1. The maximum Gasteiger partial charge on any atom is 0.138 e.